The van der Waals surface area contributed by atoms with Crippen LogP contribution in [-0.2, 0) is 14.8 Å². The number of fused-ring (bicyclic) bond motifs is 2. The van der Waals surface area contributed by atoms with Crippen LogP contribution in [0.4, 0.5) is 0 Å². The first kappa shape index (κ1) is 18.0. The fraction of sp³-hybridized carbons (Fsp3) is 0.667. The van der Waals surface area contributed by atoms with Gasteiger partial charge in [-0.3, -0.25) is 4.90 Å². The zero-order valence-electron chi connectivity index (χ0n) is 15.2. The summed E-state index contributed by atoms with van der Waals surface area (Å²) in [7, 11) is -3.68. The van der Waals surface area contributed by atoms with E-state index in [0.717, 1.165) is 13.0 Å². The minimum Gasteiger partial charge on any atom is -0.486 e. The summed E-state index contributed by atoms with van der Waals surface area (Å²) in [5.74, 6) is 1.25. The molecule has 4 rings (SSSR count). The summed E-state index contributed by atoms with van der Waals surface area (Å²) < 4.78 is 45.7. The molecule has 0 spiro atoms. The number of hydrogen-bond acceptors (Lipinski definition) is 6. The highest BCUT2D eigenvalue weighted by molar-refractivity contribution is 7.89. The second-order valence-corrected chi connectivity index (χ2v) is 9.24. The first-order valence-corrected chi connectivity index (χ1v) is 10.7. The molecule has 26 heavy (non-hydrogen) atoms. The second-order valence-electron chi connectivity index (χ2n) is 7.56. The van der Waals surface area contributed by atoms with E-state index in [0.29, 0.717) is 43.8 Å². The van der Waals surface area contributed by atoms with E-state index in [2.05, 4.69) is 23.5 Å². The molecule has 3 heterocycles. The zero-order valence-corrected chi connectivity index (χ0v) is 16.0. The molecule has 1 aromatic rings. The molecule has 0 aromatic heterocycles. The number of morpholine rings is 1. The minimum atomic E-state index is -3.68. The number of ether oxygens (including phenoxy) is 3. The van der Waals surface area contributed by atoms with Crippen molar-refractivity contribution in [2.75, 3.05) is 32.9 Å². The third kappa shape index (κ3) is 3.43. The summed E-state index contributed by atoms with van der Waals surface area (Å²) in [6.07, 6.45) is 0.976. The molecule has 0 radical (unpaired) electrons. The number of para-hydroxylation sites is 1. The Morgan fingerprint density at radius 2 is 2.00 bits per heavy atom. The van der Waals surface area contributed by atoms with Crippen LogP contribution in [0.15, 0.2) is 23.1 Å². The van der Waals surface area contributed by atoms with Crippen molar-refractivity contribution in [2.24, 2.45) is 5.92 Å². The van der Waals surface area contributed by atoms with Crippen LogP contribution in [0.1, 0.15) is 20.3 Å². The predicted molar refractivity (Wildman–Crippen MR) is 96.1 cm³/mol. The van der Waals surface area contributed by atoms with E-state index in [1.807, 2.05) is 0 Å². The first-order chi connectivity index (χ1) is 12.4. The highest BCUT2D eigenvalue weighted by atomic mass is 32.2. The van der Waals surface area contributed by atoms with E-state index in [-0.39, 0.29) is 23.1 Å². The van der Waals surface area contributed by atoms with Crippen LogP contribution in [0.25, 0.3) is 0 Å². The van der Waals surface area contributed by atoms with E-state index < -0.39 is 10.0 Å². The van der Waals surface area contributed by atoms with Gasteiger partial charge in [0.15, 0.2) is 11.5 Å². The highest BCUT2D eigenvalue weighted by Gasteiger charge is 2.40. The minimum absolute atomic E-state index is 0.125. The summed E-state index contributed by atoms with van der Waals surface area (Å²) in [4.78, 5) is 2.50. The molecule has 8 heteroatoms. The molecule has 144 valence electrons. The Balaban J connectivity index is 1.48. The van der Waals surface area contributed by atoms with Gasteiger partial charge in [0.2, 0.25) is 10.0 Å². The normalized spacial score (nSPS) is 29.0. The summed E-state index contributed by atoms with van der Waals surface area (Å²) in [6.45, 7) is 7.33. The maximum absolute atomic E-state index is 12.9. The molecule has 7 nitrogen and oxygen atoms in total. The fourth-order valence-corrected chi connectivity index (χ4v) is 5.33. The van der Waals surface area contributed by atoms with Gasteiger partial charge in [0.25, 0.3) is 0 Å². The van der Waals surface area contributed by atoms with Crippen molar-refractivity contribution >= 4 is 10.0 Å². The Morgan fingerprint density at radius 1 is 1.19 bits per heavy atom. The summed E-state index contributed by atoms with van der Waals surface area (Å²) in [6, 6.07) is 5.13. The van der Waals surface area contributed by atoms with Crippen molar-refractivity contribution in [1.29, 1.82) is 0 Å². The van der Waals surface area contributed by atoms with Crippen LogP contribution in [0, 0.1) is 5.92 Å². The number of benzene rings is 1. The molecular weight excluding hydrogens is 356 g/mol. The maximum atomic E-state index is 12.9. The molecule has 1 aromatic carbocycles. The quantitative estimate of drug-likeness (QED) is 0.844. The molecule has 2 fully saturated rings. The lowest BCUT2D eigenvalue weighted by Crippen LogP contribution is -2.48. The summed E-state index contributed by atoms with van der Waals surface area (Å²) in [5.41, 5.74) is 0. The van der Waals surface area contributed by atoms with Gasteiger partial charge in [-0.05, 0) is 24.5 Å². The van der Waals surface area contributed by atoms with Gasteiger partial charge < -0.3 is 14.2 Å². The van der Waals surface area contributed by atoms with Crippen LogP contribution >= 0.6 is 0 Å². The van der Waals surface area contributed by atoms with Gasteiger partial charge in [0.1, 0.15) is 18.1 Å². The van der Waals surface area contributed by atoms with Crippen LogP contribution in [0.2, 0.25) is 0 Å². The Labute approximate surface area is 154 Å². The first-order valence-electron chi connectivity index (χ1n) is 9.20. The van der Waals surface area contributed by atoms with Crippen molar-refractivity contribution in [1.82, 2.24) is 9.62 Å². The molecule has 2 saturated heterocycles. The van der Waals surface area contributed by atoms with Crippen LogP contribution in [0.3, 0.4) is 0 Å². The SMILES string of the molecule is CC(C)[C@H]1CN2C[C@@H](NS(=O)(=O)c3cccc4c3OCCO4)C[C@H]2CO1. The fourth-order valence-electron chi connectivity index (χ4n) is 3.93. The molecule has 3 atom stereocenters. The van der Waals surface area contributed by atoms with Crippen LogP contribution in [-0.4, -0.2) is 64.4 Å². The molecule has 3 aliphatic heterocycles. The Morgan fingerprint density at radius 3 is 2.81 bits per heavy atom. The smallest absolute Gasteiger partial charge is 0.244 e. The highest BCUT2D eigenvalue weighted by Crippen LogP contribution is 2.36. The Kier molecular flexibility index (Phi) is 4.85. The van der Waals surface area contributed by atoms with Crippen molar-refractivity contribution < 1.29 is 22.6 Å². The summed E-state index contributed by atoms with van der Waals surface area (Å²) in [5, 5.41) is 0. The number of nitrogens with zero attached hydrogens (tertiary/aromatic N) is 1. The lowest BCUT2D eigenvalue weighted by Gasteiger charge is -2.36. The summed E-state index contributed by atoms with van der Waals surface area (Å²) >= 11 is 0. The van der Waals surface area contributed by atoms with Crippen molar-refractivity contribution in [3.8, 4) is 11.5 Å². The monoisotopic (exact) mass is 382 g/mol. The van der Waals surface area contributed by atoms with E-state index >= 15 is 0 Å². The van der Waals surface area contributed by atoms with Crippen molar-refractivity contribution in [3.05, 3.63) is 18.2 Å². The van der Waals surface area contributed by atoms with Gasteiger partial charge in [0.05, 0.1) is 12.7 Å². The second kappa shape index (κ2) is 6.99. The molecule has 0 bridgehead atoms. The number of rotatable bonds is 4. The molecule has 3 aliphatic rings. The van der Waals surface area contributed by atoms with E-state index in [1.54, 1.807) is 18.2 Å². The van der Waals surface area contributed by atoms with Gasteiger partial charge in [0, 0.05) is 25.2 Å². The van der Waals surface area contributed by atoms with Gasteiger partial charge >= 0.3 is 0 Å². The third-order valence-electron chi connectivity index (χ3n) is 5.33. The van der Waals surface area contributed by atoms with Crippen LogP contribution in [0.5, 0.6) is 11.5 Å². The Hall–Kier alpha value is -1.35. The van der Waals surface area contributed by atoms with E-state index in [4.69, 9.17) is 14.2 Å². The molecule has 0 unspecified atom stereocenters. The molecule has 0 saturated carbocycles. The third-order valence-corrected chi connectivity index (χ3v) is 6.87. The van der Waals surface area contributed by atoms with Gasteiger partial charge in [-0.2, -0.15) is 0 Å². The largest absolute Gasteiger partial charge is 0.486 e. The van der Waals surface area contributed by atoms with Gasteiger partial charge in [-0.15, -0.1) is 0 Å². The zero-order chi connectivity index (χ0) is 18.3. The predicted octanol–water partition coefficient (Wildman–Crippen LogP) is 1.23. The number of nitrogens with one attached hydrogen (secondary N) is 1. The standard InChI is InChI=1S/C18H26N2O5S/c1-12(2)16-10-20-9-13(8-14(20)11-25-16)19-26(21,22)17-5-3-4-15-18(17)24-7-6-23-15/h3-5,12-14,16,19H,6-11H2,1-2H3/t13-,14-,16+/m0/s1. The molecule has 0 aliphatic carbocycles. The maximum Gasteiger partial charge on any atom is 0.244 e. The lowest BCUT2D eigenvalue weighted by atomic mass is 10.0. The van der Waals surface area contributed by atoms with Gasteiger partial charge in [-0.1, -0.05) is 19.9 Å². The topological polar surface area (TPSA) is 77.1 Å². The lowest BCUT2D eigenvalue weighted by molar-refractivity contribution is -0.0683. The molecular formula is C18H26N2O5S. The number of hydrogen-bond donors (Lipinski definition) is 1. The Bertz CT molecular complexity index is 767. The van der Waals surface area contributed by atoms with Crippen molar-refractivity contribution in [2.45, 2.75) is 43.4 Å². The average Bonchev–Trinajstić information content (AvgIpc) is 3.01. The average molecular weight is 382 g/mol. The van der Waals surface area contributed by atoms with Crippen LogP contribution < -0.4 is 14.2 Å². The molecule has 1 N–H and O–H groups in total. The van der Waals surface area contributed by atoms with E-state index in [9.17, 15) is 8.42 Å². The van der Waals surface area contributed by atoms with Crippen molar-refractivity contribution in [3.63, 3.8) is 0 Å². The molecule has 0 amide bonds. The number of sulfonamides is 1. The van der Waals surface area contributed by atoms with E-state index in [1.165, 1.54) is 0 Å². The van der Waals surface area contributed by atoms with Gasteiger partial charge in [-0.25, -0.2) is 13.1 Å².